The summed E-state index contributed by atoms with van der Waals surface area (Å²) in [6.07, 6.45) is 0. The molecule has 0 radical (unpaired) electrons. The van der Waals surface area contributed by atoms with E-state index in [1.165, 1.54) is 5.56 Å². The molecule has 2 aromatic rings. The molecule has 2 aromatic carbocycles. The SMILES string of the molecule is COc1ccc(C)cc1CN(C)CC(=O)NCc1ccc(Cl)cc1. The van der Waals surface area contributed by atoms with Crippen LogP contribution in [0.3, 0.4) is 0 Å². The van der Waals surface area contributed by atoms with Crippen LogP contribution in [0.15, 0.2) is 42.5 Å². The molecule has 0 aromatic heterocycles. The van der Waals surface area contributed by atoms with Crippen molar-refractivity contribution in [2.24, 2.45) is 0 Å². The number of ether oxygens (including phenoxy) is 1. The summed E-state index contributed by atoms with van der Waals surface area (Å²) in [7, 11) is 3.58. The van der Waals surface area contributed by atoms with E-state index in [1.807, 2.05) is 55.3 Å². The Labute approximate surface area is 148 Å². The predicted molar refractivity (Wildman–Crippen MR) is 97.4 cm³/mol. The zero-order chi connectivity index (χ0) is 17.5. The molecule has 0 aliphatic rings. The highest BCUT2D eigenvalue weighted by molar-refractivity contribution is 6.30. The Morgan fingerprint density at radius 3 is 2.58 bits per heavy atom. The van der Waals surface area contributed by atoms with E-state index in [1.54, 1.807) is 7.11 Å². The van der Waals surface area contributed by atoms with Crippen LogP contribution >= 0.6 is 11.6 Å². The molecule has 1 N–H and O–H groups in total. The Morgan fingerprint density at radius 2 is 1.92 bits per heavy atom. The first-order valence-corrected chi connectivity index (χ1v) is 8.19. The molecule has 0 aliphatic heterocycles. The Kier molecular flexibility index (Phi) is 6.64. The number of nitrogens with one attached hydrogen (secondary N) is 1. The maximum atomic E-state index is 12.1. The van der Waals surface area contributed by atoms with Gasteiger partial charge in [-0.3, -0.25) is 9.69 Å². The summed E-state index contributed by atoms with van der Waals surface area (Å²) in [6.45, 7) is 3.52. The molecule has 0 saturated carbocycles. The summed E-state index contributed by atoms with van der Waals surface area (Å²) in [5.74, 6) is 0.827. The van der Waals surface area contributed by atoms with E-state index in [-0.39, 0.29) is 5.91 Å². The summed E-state index contributed by atoms with van der Waals surface area (Å²) in [6, 6.07) is 13.5. The van der Waals surface area contributed by atoms with Crippen LogP contribution in [0.5, 0.6) is 5.75 Å². The van der Waals surface area contributed by atoms with Crippen molar-refractivity contribution in [2.75, 3.05) is 20.7 Å². The van der Waals surface area contributed by atoms with Crippen molar-refractivity contribution in [2.45, 2.75) is 20.0 Å². The number of hydrogen-bond acceptors (Lipinski definition) is 3. The Bertz CT molecular complexity index is 686. The minimum atomic E-state index is -0.0148. The molecule has 0 saturated heterocycles. The van der Waals surface area contributed by atoms with E-state index < -0.39 is 0 Å². The third kappa shape index (κ3) is 5.55. The smallest absolute Gasteiger partial charge is 0.234 e. The molecule has 0 bridgehead atoms. The Hall–Kier alpha value is -2.04. The lowest BCUT2D eigenvalue weighted by Crippen LogP contribution is -2.34. The van der Waals surface area contributed by atoms with Gasteiger partial charge in [-0.1, -0.05) is 41.4 Å². The minimum Gasteiger partial charge on any atom is -0.496 e. The standard InChI is InChI=1S/C19H23ClN2O2/c1-14-4-9-18(24-3)16(10-14)12-22(2)13-19(23)21-11-15-5-7-17(20)8-6-15/h4-10H,11-13H2,1-3H3,(H,21,23). The van der Waals surface area contributed by atoms with Gasteiger partial charge in [-0.25, -0.2) is 0 Å². The summed E-state index contributed by atoms with van der Waals surface area (Å²) in [5, 5.41) is 3.61. The summed E-state index contributed by atoms with van der Waals surface area (Å²) in [4.78, 5) is 14.1. The van der Waals surface area contributed by atoms with E-state index in [4.69, 9.17) is 16.3 Å². The van der Waals surface area contributed by atoms with Crippen LogP contribution in [-0.2, 0) is 17.9 Å². The van der Waals surface area contributed by atoms with Gasteiger partial charge in [0.25, 0.3) is 0 Å². The highest BCUT2D eigenvalue weighted by Gasteiger charge is 2.10. The first-order chi connectivity index (χ1) is 11.5. The van der Waals surface area contributed by atoms with Crippen LogP contribution in [0, 0.1) is 6.92 Å². The minimum absolute atomic E-state index is 0.0148. The van der Waals surface area contributed by atoms with Crippen LogP contribution in [0.4, 0.5) is 0 Å². The molecule has 0 atom stereocenters. The van der Waals surface area contributed by atoms with Crippen molar-refractivity contribution in [1.82, 2.24) is 10.2 Å². The van der Waals surface area contributed by atoms with Gasteiger partial charge in [0.15, 0.2) is 0 Å². The van der Waals surface area contributed by atoms with Crippen LogP contribution in [0.25, 0.3) is 0 Å². The number of amides is 1. The highest BCUT2D eigenvalue weighted by atomic mass is 35.5. The fourth-order valence-electron chi connectivity index (χ4n) is 2.48. The number of carbonyl (C=O) groups excluding carboxylic acids is 1. The van der Waals surface area contributed by atoms with Gasteiger partial charge in [0.1, 0.15) is 5.75 Å². The van der Waals surface area contributed by atoms with Crippen molar-refractivity contribution in [3.63, 3.8) is 0 Å². The molecule has 0 heterocycles. The van der Waals surface area contributed by atoms with Crippen LogP contribution < -0.4 is 10.1 Å². The molecule has 0 aliphatic carbocycles. The molecule has 128 valence electrons. The first kappa shape index (κ1) is 18.3. The van der Waals surface area contributed by atoms with Gasteiger partial charge in [0.2, 0.25) is 5.91 Å². The fourth-order valence-corrected chi connectivity index (χ4v) is 2.61. The van der Waals surface area contributed by atoms with Crippen LogP contribution in [0.1, 0.15) is 16.7 Å². The largest absolute Gasteiger partial charge is 0.496 e. The topological polar surface area (TPSA) is 41.6 Å². The highest BCUT2D eigenvalue weighted by Crippen LogP contribution is 2.20. The number of rotatable bonds is 7. The number of nitrogens with zero attached hydrogens (tertiary/aromatic N) is 1. The van der Waals surface area contributed by atoms with Gasteiger partial charge >= 0.3 is 0 Å². The summed E-state index contributed by atoms with van der Waals surface area (Å²) in [5.41, 5.74) is 3.27. The lowest BCUT2D eigenvalue weighted by atomic mass is 10.1. The van der Waals surface area contributed by atoms with Crippen LogP contribution in [0.2, 0.25) is 5.02 Å². The number of benzene rings is 2. The second kappa shape index (κ2) is 8.71. The first-order valence-electron chi connectivity index (χ1n) is 7.81. The molecular weight excluding hydrogens is 324 g/mol. The molecule has 4 nitrogen and oxygen atoms in total. The zero-order valence-electron chi connectivity index (χ0n) is 14.3. The average molecular weight is 347 g/mol. The number of carbonyl (C=O) groups is 1. The van der Waals surface area contributed by atoms with E-state index >= 15 is 0 Å². The normalized spacial score (nSPS) is 10.7. The lowest BCUT2D eigenvalue weighted by Gasteiger charge is -2.18. The Balaban J connectivity index is 1.85. The van der Waals surface area contributed by atoms with E-state index in [2.05, 4.69) is 11.4 Å². The lowest BCUT2D eigenvalue weighted by molar-refractivity contribution is -0.122. The summed E-state index contributed by atoms with van der Waals surface area (Å²) < 4.78 is 5.38. The predicted octanol–water partition coefficient (Wildman–Crippen LogP) is 3.41. The van der Waals surface area contributed by atoms with Crippen molar-refractivity contribution < 1.29 is 9.53 Å². The third-order valence-corrected chi connectivity index (χ3v) is 3.94. The van der Waals surface area contributed by atoms with Crippen molar-refractivity contribution in [3.8, 4) is 5.75 Å². The fraction of sp³-hybridized carbons (Fsp3) is 0.316. The molecule has 0 unspecified atom stereocenters. The van der Waals surface area contributed by atoms with Gasteiger partial charge in [-0.05, 0) is 37.7 Å². The van der Waals surface area contributed by atoms with Gasteiger partial charge in [0.05, 0.1) is 13.7 Å². The molecule has 0 spiro atoms. The average Bonchev–Trinajstić information content (AvgIpc) is 2.54. The monoisotopic (exact) mass is 346 g/mol. The van der Waals surface area contributed by atoms with Gasteiger partial charge in [0, 0.05) is 23.7 Å². The van der Waals surface area contributed by atoms with E-state index in [0.29, 0.717) is 24.7 Å². The second-order valence-corrected chi connectivity index (χ2v) is 6.33. The maximum absolute atomic E-state index is 12.1. The second-order valence-electron chi connectivity index (χ2n) is 5.89. The van der Waals surface area contributed by atoms with Crippen molar-refractivity contribution >= 4 is 17.5 Å². The van der Waals surface area contributed by atoms with E-state index in [9.17, 15) is 4.79 Å². The quantitative estimate of drug-likeness (QED) is 0.835. The molecule has 2 rings (SSSR count). The number of aryl methyl sites for hydroxylation is 1. The van der Waals surface area contributed by atoms with Gasteiger partial charge in [-0.15, -0.1) is 0 Å². The van der Waals surface area contributed by atoms with Gasteiger partial charge in [-0.2, -0.15) is 0 Å². The molecule has 1 amide bonds. The van der Waals surface area contributed by atoms with E-state index in [0.717, 1.165) is 16.9 Å². The maximum Gasteiger partial charge on any atom is 0.234 e. The number of halogens is 1. The molecule has 24 heavy (non-hydrogen) atoms. The van der Waals surface area contributed by atoms with Crippen molar-refractivity contribution in [1.29, 1.82) is 0 Å². The number of hydrogen-bond donors (Lipinski definition) is 1. The Morgan fingerprint density at radius 1 is 1.21 bits per heavy atom. The molecule has 5 heteroatoms. The third-order valence-electron chi connectivity index (χ3n) is 3.69. The number of likely N-dealkylation sites (N-methyl/N-ethyl adjacent to an activating group) is 1. The van der Waals surface area contributed by atoms with Crippen LogP contribution in [-0.4, -0.2) is 31.5 Å². The number of methoxy groups -OCH3 is 1. The van der Waals surface area contributed by atoms with Gasteiger partial charge < -0.3 is 10.1 Å². The molecular formula is C19H23ClN2O2. The summed E-state index contributed by atoms with van der Waals surface area (Å²) >= 11 is 5.85. The van der Waals surface area contributed by atoms with Crippen molar-refractivity contribution in [3.05, 3.63) is 64.2 Å². The zero-order valence-corrected chi connectivity index (χ0v) is 15.1. The molecule has 0 fully saturated rings.